The maximum Gasteiger partial charge on any atom is 0.340 e. The van der Waals surface area contributed by atoms with Gasteiger partial charge in [-0.2, -0.15) is 4.68 Å². The van der Waals surface area contributed by atoms with Crippen LogP contribution in [0.25, 0.3) is 0 Å². The number of imide groups is 1. The summed E-state index contributed by atoms with van der Waals surface area (Å²) in [7, 11) is 0. The molecular formula is C16H9N3O6S. The summed E-state index contributed by atoms with van der Waals surface area (Å²) in [4.78, 5) is 59.8. The second kappa shape index (κ2) is 5.49. The van der Waals surface area contributed by atoms with Crippen LogP contribution in [-0.4, -0.2) is 32.5 Å². The highest BCUT2D eigenvalue weighted by Gasteiger charge is 2.35. The van der Waals surface area contributed by atoms with Crippen LogP contribution in [0, 0.1) is 0 Å². The molecule has 1 aromatic carbocycles. The molecule has 2 amide bonds. The van der Waals surface area contributed by atoms with Gasteiger partial charge in [-0.15, -0.1) is 11.3 Å². The maximum atomic E-state index is 12.4. The minimum atomic E-state index is -1.26. The number of hydrogen-bond donors (Lipinski definition) is 2. The van der Waals surface area contributed by atoms with Gasteiger partial charge in [-0.3, -0.25) is 29.5 Å². The molecule has 0 atom stereocenters. The Morgan fingerprint density at radius 1 is 1.04 bits per heavy atom. The SMILES string of the molecule is O=C(O)c1cc(CN2C(=O)c3ccccc3C2=O)sc1Nn1c(=O)c1=O. The van der Waals surface area contributed by atoms with E-state index in [0.29, 0.717) is 20.7 Å². The topological polar surface area (TPSA) is 126 Å². The van der Waals surface area contributed by atoms with E-state index < -0.39 is 28.9 Å². The largest absolute Gasteiger partial charge is 0.478 e. The number of aromatic nitrogens is 1. The van der Waals surface area contributed by atoms with E-state index in [1.54, 1.807) is 24.3 Å². The molecule has 26 heavy (non-hydrogen) atoms. The Balaban J connectivity index is 1.63. The number of thiophene rings is 1. The van der Waals surface area contributed by atoms with Crippen molar-refractivity contribution in [3.05, 3.63) is 72.6 Å². The summed E-state index contributed by atoms with van der Waals surface area (Å²) >= 11 is 0.946. The Labute approximate surface area is 148 Å². The van der Waals surface area contributed by atoms with Gasteiger partial charge in [-0.25, -0.2) is 4.79 Å². The van der Waals surface area contributed by atoms with Crippen LogP contribution >= 0.6 is 11.3 Å². The third-order valence-corrected chi connectivity index (χ3v) is 4.98. The first kappa shape index (κ1) is 16.0. The van der Waals surface area contributed by atoms with Crippen LogP contribution in [0.3, 0.4) is 0 Å². The molecule has 2 aromatic heterocycles. The van der Waals surface area contributed by atoms with Crippen molar-refractivity contribution in [1.82, 2.24) is 9.58 Å². The van der Waals surface area contributed by atoms with Gasteiger partial charge in [-0.05, 0) is 18.2 Å². The van der Waals surface area contributed by atoms with E-state index >= 15 is 0 Å². The Bertz CT molecular complexity index is 1110. The zero-order valence-corrected chi connectivity index (χ0v) is 13.7. The van der Waals surface area contributed by atoms with E-state index in [1.807, 2.05) is 0 Å². The minimum Gasteiger partial charge on any atom is -0.478 e. The van der Waals surface area contributed by atoms with Gasteiger partial charge in [0.1, 0.15) is 5.00 Å². The van der Waals surface area contributed by atoms with Crippen molar-refractivity contribution in [3.63, 3.8) is 0 Å². The molecular weight excluding hydrogens is 362 g/mol. The van der Waals surface area contributed by atoms with Gasteiger partial charge >= 0.3 is 17.1 Å². The Kier molecular flexibility index (Phi) is 3.37. The molecule has 0 spiro atoms. The van der Waals surface area contributed by atoms with Crippen molar-refractivity contribution in [2.75, 3.05) is 5.43 Å². The number of carbonyl (C=O) groups is 3. The molecule has 0 aliphatic carbocycles. The molecule has 0 fully saturated rings. The quantitative estimate of drug-likeness (QED) is 0.494. The van der Waals surface area contributed by atoms with E-state index in [1.165, 1.54) is 6.07 Å². The van der Waals surface area contributed by atoms with E-state index in [9.17, 15) is 29.1 Å². The number of fused-ring (bicyclic) bond motifs is 1. The first-order valence-electron chi connectivity index (χ1n) is 7.34. The standard InChI is InChI=1S/C16H9N3O6S/c20-12-8-3-1-2-4-9(8)13(21)18(12)6-7-5-10(16(24)25)11(26-7)17-19-14(22)15(19)23/h1-5,17H,6H2,(H,24,25). The summed E-state index contributed by atoms with van der Waals surface area (Å²) in [6, 6.07) is 7.72. The lowest BCUT2D eigenvalue weighted by molar-refractivity contribution is 0.0642. The van der Waals surface area contributed by atoms with Crippen LogP contribution in [0.5, 0.6) is 0 Å². The molecule has 9 nitrogen and oxygen atoms in total. The Morgan fingerprint density at radius 3 is 2.12 bits per heavy atom. The van der Waals surface area contributed by atoms with E-state index in [2.05, 4.69) is 5.43 Å². The predicted octanol–water partition coefficient (Wildman–Crippen LogP) is 0.515. The van der Waals surface area contributed by atoms with E-state index in [0.717, 1.165) is 16.2 Å². The number of carboxylic acids is 1. The van der Waals surface area contributed by atoms with Crippen molar-refractivity contribution in [2.24, 2.45) is 0 Å². The fraction of sp³-hybridized carbons (Fsp3) is 0.0625. The predicted molar refractivity (Wildman–Crippen MR) is 90.3 cm³/mol. The van der Waals surface area contributed by atoms with Gasteiger partial charge in [-0.1, -0.05) is 12.1 Å². The molecule has 130 valence electrons. The maximum absolute atomic E-state index is 12.4. The lowest BCUT2D eigenvalue weighted by Crippen LogP contribution is -2.28. The fourth-order valence-electron chi connectivity index (χ4n) is 2.64. The van der Waals surface area contributed by atoms with Gasteiger partial charge in [0.25, 0.3) is 11.8 Å². The summed E-state index contributed by atoms with van der Waals surface area (Å²) in [5.41, 5.74) is 1.34. The van der Waals surface area contributed by atoms with Gasteiger partial charge in [0.2, 0.25) is 0 Å². The number of amides is 2. The summed E-state index contributed by atoms with van der Waals surface area (Å²) in [5.74, 6) is -2.18. The molecule has 3 heterocycles. The van der Waals surface area contributed by atoms with E-state index in [-0.39, 0.29) is 17.1 Å². The average molecular weight is 371 g/mol. The highest BCUT2D eigenvalue weighted by molar-refractivity contribution is 7.16. The molecule has 0 radical (unpaired) electrons. The minimum absolute atomic E-state index is 0.0725. The molecule has 1 aliphatic rings. The van der Waals surface area contributed by atoms with Crippen molar-refractivity contribution in [3.8, 4) is 0 Å². The summed E-state index contributed by atoms with van der Waals surface area (Å²) in [5, 5.41) is 9.35. The number of hydrogen-bond acceptors (Lipinski definition) is 7. The number of rotatable bonds is 5. The summed E-state index contributed by atoms with van der Waals surface area (Å²) in [6.07, 6.45) is 0. The fourth-order valence-corrected chi connectivity index (χ4v) is 3.66. The highest BCUT2D eigenvalue weighted by Crippen LogP contribution is 2.31. The number of anilines is 1. The third kappa shape index (κ3) is 2.35. The smallest absolute Gasteiger partial charge is 0.340 e. The molecule has 2 N–H and O–H groups in total. The molecule has 0 bridgehead atoms. The number of nitrogens with zero attached hydrogens (tertiary/aromatic N) is 2. The van der Waals surface area contributed by atoms with Gasteiger partial charge in [0.15, 0.2) is 0 Å². The lowest BCUT2D eigenvalue weighted by Gasteiger charge is -2.11. The van der Waals surface area contributed by atoms with Crippen molar-refractivity contribution < 1.29 is 19.5 Å². The second-order valence-electron chi connectivity index (χ2n) is 5.56. The number of carboxylic acid groups (broad SMARTS) is 1. The average Bonchev–Trinajstić information content (AvgIpc) is 2.97. The first-order valence-corrected chi connectivity index (χ1v) is 8.16. The normalized spacial score (nSPS) is 13.5. The van der Waals surface area contributed by atoms with Crippen molar-refractivity contribution >= 4 is 34.1 Å². The molecule has 0 unspecified atom stereocenters. The molecule has 4 rings (SSSR count). The Morgan fingerprint density at radius 2 is 1.62 bits per heavy atom. The Hall–Kier alpha value is -3.53. The molecule has 0 saturated carbocycles. The van der Waals surface area contributed by atoms with Gasteiger partial charge in [0.05, 0.1) is 23.2 Å². The van der Waals surface area contributed by atoms with Crippen molar-refractivity contribution in [2.45, 2.75) is 6.54 Å². The number of nitrogens with one attached hydrogen (secondary N) is 1. The zero-order valence-electron chi connectivity index (χ0n) is 12.9. The highest BCUT2D eigenvalue weighted by atomic mass is 32.1. The van der Waals surface area contributed by atoms with Crippen LogP contribution in [0.15, 0.2) is 39.9 Å². The van der Waals surface area contributed by atoms with E-state index in [4.69, 9.17) is 0 Å². The summed E-state index contributed by atoms with van der Waals surface area (Å²) in [6.45, 7) is -0.110. The first-order chi connectivity index (χ1) is 12.4. The third-order valence-electron chi connectivity index (χ3n) is 3.96. The second-order valence-corrected chi connectivity index (χ2v) is 6.70. The summed E-state index contributed by atoms with van der Waals surface area (Å²) < 4.78 is 0.685. The van der Waals surface area contributed by atoms with Crippen LogP contribution in [0.1, 0.15) is 36.0 Å². The van der Waals surface area contributed by atoms with Gasteiger partial charge in [0, 0.05) is 4.88 Å². The molecule has 0 saturated heterocycles. The number of aromatic carboxylic acids is 1. The molecule has 10 heteroatoms. The molecule has 3 aromatic rings. The zero-order chi connectivity index (χ0) is 18.6. The monoisotopic (exact) mass is 371 g/mol. The lowest BCUT2D eigenvalue weighted by atomic mass is 10.1. The van der Waals surface area contributed by atoms with Crippen molar-refractivity contribution in [1.29, 1.82) is 0 Å². The van der Waals surface area contributed by atoms with Crippen LogP contribution in [0.4, 0.5) is 5.00 Å². The van der Waals surface area contributed by atoms with Crippen LogP contribution < -0.4 is 16.5 Å². The van der Waals surface area contributed by atoms with Gasteiger partial charge < -0.3 is 5.11 Å². The van der Waals surface area contributed by atoms with Crippen LogP contribution in [-0.2, 0) is 6.54 Å². The number of benzene rings is 1. The number of carbonyl (C=O) groups excluding carboxylic acids is 2. The van der Waals surface area contributed by atoms with Crippen LogP contribution in [0.2, 0.25) is 0 Å². The molecule has 1 aliphatic heterocycles.